The molecule has 0 amide bonds. The van der Waals surface area contributed by atoms with Crippen molar-refractivity contribution in [3.8, 4) is 0 Å². The molecule has 1 aromatic rings. The van der Waals surface area contributed by atoms with Crippen LogP contribution < -0.4 is 0 Å². The van der Waals surface area contributed by atoms with E-state index in [-0.39, 0.29) is 12.6 Å². The zero-order valence-corrected chi connectivity index (χ0v) is 13.7. The van der Waals surface area contributed by atoms with Crippen LogP contribution in [0.2, 0.25) is 0 Å². The van der Waals surface area contributed by atoms with E-state index in [0.29, 0.717) is 32.5 Å². The topological polar surface area (TPSA) is 71.1 Å². The van der Waals surface area contributed by atoms with Gasteiger partial charge in [0.25, 0.3) is 0 Å². The molecule has 2 fully saturated rings. The third-order valence-electron chi connectivity index (χ3n) is 4.70. The Bertz CT molecular complexity index is 578. The highest BCUT2D eigenvalue weighted by Crippen LogP contribution is 2.42. The minimum Gasteiger partial charge on any atom is -0.469 e. The minimum absolute atomic E-state index is 0.197. The largest absolute Gasteiger partial charge is 0.469 e. The second-order valence-corrected chi connectivity index (χ2v) is 6.18. The van der Waals surface area contributed by atoms with E-state index in [1.165, 1.54) is 7.11 Å². The van der Waals surface area contributed by atoms with E-state index in [2.05, 4.69) is 0 Å². The fourth-order valence-corrected chi connectivity index (χ4v) is 3.43. The van der Waals surface area contributed by atoms with Gasteiger partial charge in [-0.05, 0) is 12.0 Å². The summed E-state index contributed by atoms with van der Waals surface area (Å²) in [6, 6.07) is 9.46. The first-order valence-corrected chi connectivity index (χ1v) is 8.20. The van der Waals surface area contributed by atoms with Gasteiger partial charge in [0, 0.05) is 12.8 Å². The first-order chi connectivity index (χ1) is 11.6. The molecule has 1 aromatic carbocycles. The first-order valence-electron chi connectivity index (χ1n) is 8.20. The second kappa shape index (κ2) is 7.32. The van der Waals surface area contributed by atoms with E-state index in [1.807, 2.05) is 30.3 Å². The van der Waals surface area contributed by atoms with Gasteiger partial charge in [-0.3, -0.25) is 9.59 Å². The molecule has 6 nitrogen and oxygen atoms in total. The SMILES string of the molecule is COC(=O)[C@@H]1CC2(CC[C@H]1C(=O)OCc1ccccc1)OCCO2. The van der Waals surface area contributed by atoms with Crippen molar-refractivity contribution in [3.05, 3.63) is 35.9 Å². The summed E-state index contributed by atoms with van der Waals surface area (Å²) in [7, 11) is 1.33. The molecule has 1 aliphatic heterocycles. The van der Waals surface area contributed by atoms with Gasteiger partial charge in [-0.2, -0.15) is 0 Å². The van der Waals surface area contributed by atoms with Crippen LogP contribution in [0.25, 0.3) is 0 Å². The van der Waals surface area contributed by atoms with Crippen LogP contribution in [-0.4, -0.2) is 38.0 Å². The molecular weight excluding hydrogens is 312 g/mol. The normalized spacial score (nSPS) is 25.4. The summed E-state index contributed by atoms with van der Waals surface area (Å²) >= 11 is 0. The number of hydrogen-bond donors (Lipinski definition) is 0. The van der Waals surface area contributed by atoms with Crippen LogP contribution in [0.4, 0.5) is 0 Å². The number of carbonyl (C=O) groups excluding carboxylic acids is 2. The number of ether oxygens (including phenoxy) is 4. The van der Waals surface area contributed by atoms with Crippen LogP contribution in [0, 0.1) is 11.8 Å². The average molecular weight is 334 g/mol. The number of carbonyl (C=O) groups is 2. The summed E-state index contributed by atoms with van der Waals surface area (Å²) < 4.78 is 21.7. The van der Waals surface area contributed by atoms with Crippen molar-refractivity contribution in [3.63, 3.8) is 0 Å². The summed E-state index contributed by atoms with van der Waals surface area (Å²) in [4.78, 5) is 24.6. The molecule has 0 unspecified atom stereocenters. The number of esters is 2. The summed E-state index contributed by atoms with van der Waals surface area (Å²) in [5.41, 5.74) is 0.912. The molecule has 2 atom stereocenters. The van der Waals surface area contributed by atoms with Crippen molar-refractivity contribution in [1.29, 1.82) is 0 Å². The Hall–Kier alpha value is -1.92. The van der Waals surface area contributed by atoms with Crippen LogP contribution in [-0.2, 0) is 35.1 Å². The maximum Gasteiger partial charge on any atom is 0.310 e. The van der Waals surface area contributed by atoms with Gasteiger partial charge < -0.3 is 18.9 Å². The van der Waals surface area contributed by atoms with E-state index in [0.717, 1.165) is 5.56 Å². The van der Waals surface area contributed by atoms with Gasteiger partial charge >= 0.3 is 11.9 Å². The first kappa shape index (κ1) is 16.9. The van der Waals surface area contributed by atoms with E-state index in [4.69, 9.17) is 18.9 Å². The van der Waals surface area contributed by atoms with E-state index >= 15 is 0 Å². The number of rotatable bonds is 4. The number of benzene rings is 1. The van der Waals surface area contributed by atoms with Crippen LogP contribution in [0.3, 0.4) is 0 Å². The monoisotopic (exact) mass is 334 g/mol. The molecule has 1 saturated carbocycles. The lowest BCUT2D eigenvalue weighted by Gasteiger charge is -2.38. The Morgan fingerprint density at radius 2 is 1.83 bits per heavy atom. The molecule has 1 saturated heterocycles. The predicted octanol–water partition coefficient (Wildman–Crippen LogP) is 2.06. The molecule has 130 valence electrons. The van der Waals surface area contributed by atoms with Crippen LogP contribution in [0.5, 0.6) is 0 Å². The molecule has 24 heavy (non-hydrogen) atoms. The standard InChI is InChI=1S/C18H22O6/c1-21-16(19)15-11-18(23-9-10-24-18)8-7-14(15)17(20)22-12-13-5-3-2-4-6-13/h2-6,14-15H,7-12H2,1H3/t14-,15-/m1/s1. The van der Waals surface area contributed by atoms with Gasteiger partial charge in [0.15, 0.2) is 5.79 Å². The molecule has 3 rings (SSSR count). The molecule has 1 heterocycles. The van der Waals surface area contributed by atoms with Crippen molar-refractivity contribution in [2.24, 2.45) is 11.8 Å². The van der Waals surface area contributed by atoms with Gasteiger partial charge in [0.2, 0.25) is 0 Å². The predicted molar refractivity (Wildman–Crippen MR) is 83.7 cm³/mol. The lowest BCUT2D eigenvalue weighted by atomic mass is 9.76. The Kier molecular flexibility index (Phi) is 5.16. The molecule has 0 aromatic heterocycles. The molecule has 1 spiro atoms. The lowest BCUT2D eigenvalue weighted by Crippen LogP contribution is -2.46. The third kappa shape index (κ3) is 3.60. The minimum atomic E-state index is -0.755. The fourth-order valence-electron chi connectivity index (χ4n) is 3.43. The Morgan fingerprint density at radius 3 is 2.50 bits per heavy atom. The van der Waals surface area contributed by atoms with E-state index < -0.39 is 23.6 Å². The van der Waals surface area contributed by atoms with Crippen molar-refractivity contribution < 1.29 is 28.5 Å². The van der Waals surface area contributed by atoms with Crippen molar-refractivity contribution in [2.45, 2.75) is 31.7 Å². The average Bonchev–Trinajstić information content (AvgIpc) is 3.07. The molecule has 0 bridgehead atoms. The Balaban J connectivity index is 1.66. The summed E-state index contributed by atoms with van der Waals surface area (Å²) in [6.45, 7) is 1.22. The fraction of sp³-hybridized carbons (Fsp3) is 0.556. The maximum atomic E-state index is 12.5. The second-order valence-electron chi connectivity index (χ2n) is 6.18. The van der Waals surface area contributed by atoms with Crippen LogP contribution in [0.15, 0.2) is 30.3 Å². The molecular formula is C18H22O6. The van der Waals surface area contributed by atoms with Gasteiger partial charge in [0.05, 0.1) is 32.2 Å². The molecule has 2 aliphatic rings. The molecule has 0 N–H and O–H groups in total. The lowest BCUT2D eigenvalue weighted by molar-refractivity contribution is -0.206. The third-order valence-corrected chi connectivity index (χ3v) is 4.70. The Labute approximate surface area is 141 Å². The molecule has 0 radical (unpaired) electrons. The van der Waals surface area contributed by atoms with Gasteiger partial charge in [-0.25, -0.2) is 0 Å². The van der Waals surface area contributed by atoms with Crippen LogP contribution in [0.1, 0.15) is 24.8 Å². The van der Waals surface area contributed by atoms with Crippen LogP contribution >= 0.6 is 0 Å². The number of hydrogen-bond acceptors (Lipinski definition) is 6. The van der Waals surface area contributed by atoms with Gasteiger partial charge in [0.1, 0.15) is 6.61 Å². The quantitative estimate of drug-likeness (QED) is 0.785. The zero-order valence-electron chi connectivity index (χ0n) is 13.7. The summed E-state index contributed by atoms with van der Waals surface area (Å²) in [6.07, 6.45) is 1.38. The summed E-state index contributed by atoms with van der Waals surface area (Å²) in [5, 5.41) is 0. The van der Waals surface area contributed by atoms with Crippen molar-refractivity contribution >= 4 is 11.9 Å². The Morgan fingerprint density at radius 1 is 1.12 bits per heavy atom. The van der Waals surface area contributed by atoms with E-state index in [1.54, 1.807) is 0 Å². The molecule has 1 aliphatic carbocycles. The van der Waals surface area contributed by atoms with Crippen molar-refractivity contribution in [1.82, 2.24) is 0 Å². The summed E-state index contributed by atoms with van der Waals surface area (Å²) in [5.74, 6) is -2.68. The highest BCUT2D eigenvalue weighted by molar-refractivity contribution is 5.82. The van der Waals surface area contributed by atoms with E-state index in [9.17, 15) is 9.59 Å². The number of methoxy groups -OCH3 is 1. The van der Waals surface area contributed by atoms with Crippen molar-refractivity contribution in [2.75, 3.05) is 20.3 Å². The maximum absolute atomic E-state index is 12.5. The highest BCUT2D eigenvalue weighted by atomic mass is 16.7. The zero-order chi connectivity index (χ0) is 17.0. The van der Waals surface area contributed by atoms with Gasteiger partial charge in [-0.15, -0.1) is 0 Å². The smallest absolute Gasteiger partial charge is 0.310 e. The highest BCUT2D eigenvalue weighted by Gasteiger charge is 2.50. The molecule has 6 heteroatoms. The van der Waals surface area contributed by atoms with Gasteiger partial charge in [-0.1, -0.05) is 30.3 Å².